The first kappa shape index (κ1) is 17.2. The predicted octanol–water partition coefficient (Wildman–Crippen LogP) is 2.34. The van der Waals surface area contributed by atoms with E-state index in [0.717, 1.165) is 10.0 Å². The van der Waals surface area contributed by atoms with Crippen molar-refractivity contribution < 1.29 is 19.1 Å². The molecule has 1 heterocycles. The van der Waals surface area contributed by atoms with E-state index in [2.05, 4.69) is 21.2 Å². The molecule has 22 heavy (non-hydrogen) atoms. The lowest BCUT2D eigenvalue weighted by atomic mass is 10.0. The number of nitrogens with one attached hydrogen (secondary N) is 1. The lowest BCUT2D eigenvalue weighted by Gasteiger charge is -2.19. The van der Waals surface area contributed by atoms with Crippen LogP contribution in [-0.4, -0.2) is 38.2 Å². The molecule has 0 aliphatic carbocycles. The van der Waals surface area contributed by atoms with Gasteiger partial charge in [-0.15, -0.1) is 0 Å². The molecule has 1 aromatic carbocycles. The molecule has 1 amide bonds. The molecule has 0 aromatic heterocycles. The molecule has 1 aliphatic rings. The molecule has 0 radical (unpaired) electrons. The second-order valence-electron chi connectivity index (χ2n) is 5.08. The Morgan fingerprint density at radius 1 is 1.55 bits per heavy atom. The molecule has 7 heteroatoms. The van der Waals surface area contributed by atoms with Crippen molar-refractivity contribution >= 4 is 39.4 Å². The second kappa shape index (κ2) is 7.94. The first-order valence-electron chi connectivity index (χ1n) is 6.91. The summed E-state index contributed by atoms with van der Waals surface area (Å²) in [6.07, 6.45) is 0.966. The van der Waals surface area contributed by atoms with Gasteiger partial charge in [0.15, 0.2) is 0 Å². The van der Waals surface area contributed by atoms with Crippen LogP contribution in [0.4, 0.5) is 0 Å². The van der Waals surface area contributed by atoms with Gasteiger partial charge in [0.25, 0.3) is 0 Å². The summed E-state index contributed by atoms with van der Waals surface area (Å²) in [4.78, 5) is 24.1. The van der Waals surface area contributed by atoms with Crippen molar-refractivity contribution in [3.63, 3.8) is 0 Å². The van der Waals surface area contributed by atoms with E-state index in [1.54, 1.807) is 18.2 Å². The van der Waals surface area contributed by atoms with Crippen LogP contribution in [0.15, 0.2) is 22.7 Å². The Kier molecular flexibility index (Phi) is 6.23. The van der Waals surface area contributed by atoms with Crippen LogP contribution in [0.2, 0.25) is 5.02 Å². The van der Waals surface area contributed by atoms with Crippen molar-refractivity contribution in [3.05, 3.63) is 33.3 Å². The zero-order valence-corrected chi connectivity index (χ0v) is 14.4. The molecule has 1 fully saturated rings. The Morgan fingerprint density at radius 3 is 2.95 bits per heavy atom. The second-order valence-corrected chi connectivity index (χ2v) is 6.38. The maximum atomic E-state index is 12.2. The van der Waals surface area contributed by atoms with Gasteiger partial charge in [-0.1, -0.05) is 27.5 Å². The van der Waals surface area contributed by atoms with Gasteiger partial charge in [-0.05, 0) is 30.2 Å². The van der Waals surface area contributed by atoms with Gasteiger partial charge in [-0.3, -0.25) is 4.79 Å². The van der Waals surface area contributed by atoms with Gasteiger partial charge in [-0.25, -0.2) is 4.79 Å². The van der Waals surface area contributed by atoms with E-state index in [4.69, 9.17) is 21.1 Å². The molecule has 1 N–H and O–H groups in total. The van der Waals surface area contributed by atoms with Gasteiger partial charge in [-0.2, -0.15) is 0 Å². The Bertz CT molecular complexity index is 560. The molecule has 120 valence electrons. The highest BCUT2D eigenvalue weighted by Crippen LogP contribution is 2.23. The fourth-order valence-corrected chi connectivity index (χ4v) is 2.89. The van der Waals surface area contributed by atoms with E-state index in [0.29, 0.717) is 31.1 Å². The Labute approximate surface area is 142 Å². The highest BCUT2D eigenvalue weighted by Gasteiger charge is 2.29. The third-order valence-electron chi connectivity index (χ3n) is 3.53. The number of halogens is 2. The summed E-state index contributed by atoms with van der Waals surface area (Å²) in [5.41, 5.74) is 0.825. The zero-order valence-electron chi connectivity index (χ0n) is 12.1. The van der Waals surface area contributed by atoms with E-state index in [1.807, 2.05) is 0 Å². The summed E-state index contributed by atoms with van der Waals surface area (Å²) in [6, 6.07) is 4.55. The fraction of sp³-hybridized carbons (Fsp3) is 0.467. The van der Waals surface area contributed by atoms with E-state index < -0.39 is 12.0 Å². The SMILES string of the molecule is COC(=O)[C@@H](Cc1cc(Cl)ccc1Br)NC(=O)[C@H]1CCOC1. The summed E-state index contributed by atoms with van der Waals surface area (Å²) >= 11 is 9.40. The van der Waals surface area contributed by atoms with Crippen LogP contribution in [0.5, 0.6) is 0 Å². The average Bonchev–Trinajstić information content (AvgIpc) is 3.03. The molecule has 1 aliphatic heterocycles. The van der Waals surface area contributed by atoms with Crippen LogP contribution in [0.25, 0.3) is 0 Å². The molecule has 2 atom stereocenters. The first-order chi connectivity index (χ1) is 10.5. The minimum atomic E-state index is -0.757. The topological polar surface area (TPSA) is 64.6 Å². The highest BCUT2D eigenvalue weighted by molar-refractivity contribution is 9.10. The van der Waals surface area contributed by atoms with Gasteiger partial charge in [0.1, 0.15) is 6.04 Å². The number of hydrogen-bond donors (Lipinski definition) is 1. The number of carbonyl (C=O) groups excluding carboxylic acids is 2. The molecular weight excluding hydrogens is 374 g/mol. The number of rotatable bonds is 5. The first-order valence-corrected chi connectivity index (χ1v) is 8.08. The molecule has 0 spiro atoms. The molecule has 5 nitrogen and oxygen atoms in total. The molecule has 0 bridgehead atoms. The van der Waals surface area contributed by atoms with Crippen molar-refractivity contribution in [2.24, 2.45) is 5.92 Å². The zero-order chi connectivity index (χ0) is 16.1. The predicted molar refractivity (Wildman–Crippen MR) is 85.7 cm³/mol. The van der Waals surface area contributed by atoms with Crippen LogP contribution >= 0.6 is 27.5 Å². The summed E-state index contributed by atoms with van der Waals surface area (Å²) in [5, 5.41) is 3.31. The van der Waals surface area contributed by atoms with Crippen molar-refractivity contribution in [3.8, 4) is 0 Å². The Balaban J connectivity index is 2.10. The minimum absolute atomic E-state index is 0.189. The van der Waals surface area contributed by atoms with Gasteiger partial charge < -0.3 is 14.8 Å². The van der Waals surface area contributed by atoms with Gasteiger partial charge >= 0.3 is 5.97 Å². The van der Waals surface area contributed by atoms with Crippen LogP contribution in [0, 0.1) is 5.92 Å². The van der Waals surface area contributed by atoms with Crippen LogP contribution in [0.3, 0.4) is 0 Å². The van der Waals surface area contributed by atoms with Gasteiger partial charge in [0, 0.05) is 22.5 Å². The van der Waals surface area contributed by atoms with Crippen molar-refractivity contribution in [2.45, 2.75) is 18.9 Å². The summed E-state index contributed by atoms with van der Waals surface area (Å²) in [5.74, 6) is -0.889. The molecule has 0 saturated carbocycles. The third kappa shape index (κ3) is 4.44. The summed E-state index contributed by atoms with van der Waals surface area (Å²) in [7, 11) is 1.30. The fourth-order valence-electron chi connectivity index (χ4n) is 2.29. The normalized spacial score (nSPS) is 18.8. The van der Waals surface area contributed by atoms with E-state index >= 15 is 0 Å². The highest BCUT2D eigenvalue weighted by atomic mass is 79.9. The molecule has 0 unspecified atom stereocenters. The quantitative estimate of drug-likeness (QED) is 0.784. The number of carbonyl (C=O) groups is 2. The number of benzene rings is 1. The van der Waals surface area contributed by atoms with Crippen molar-refractivity contribution in [1.29, 1.82) is 0 Å². The van der Waals surface area contributed by atoms with Crippen molar-refractivity contribution in [2.75, 3.05) is 20.3 Å². The maximum Gasteiger partial charge on any atom is 0.328 e. The van der Waals surface area contributed by atoms with Crippen LogP contribution in [-0.2, 0) is 25.5 Å². The minimum Gasteiger partial charge on any atom is -0.467 e. The number of esters is 1. The standard InChI is InChI=1S/C15H17BrClNO4/c1-21-15(20)13(18-14(19)9-4-5-22-8-9)7-10-6-11(17)2-3-12(10)16/h2-3,6,9,13H,4-5,7-8H2,1H3,(H,18,19)/t9-,13+/m0/s1. The van der Waals surface area contributed by atoms with E-state index in [1.165, 1.54) is 7.11 Å². The Morgan fingerprint density at radius 2 is 2.32 bits per heavy atom. The molecule has 2 rings (SSSR count). The van der Waals surface area contributed by atoms with Crippen LogP contribution in [0.1, 0.15) is 12.0 Å². The number of ether oxygens (including phenoxy) is 2. The van der Waals surface area contributed by atoms with Crippen molar-refractivity contribution in [1.82, 2.24) is 5.32 Å². The molecule has 1 saturated heterocycles. The number of hydrogen-bond acceptors (Lipinski definition) is 4. The van der Waals surface area contributed by atoms with Crippen LogP contribution < -0.4 is 5.32 Å². The van der Waals surface area contributed by atoms with E-state index in [9.17, 15) is 9.59 Å². The van der Waals surface area contributed by atoms with Gasteiger partial charge in [0.05, 0.1) is 19.6 Å². The lowest BCUT2D eigenvalue weighted by Crippen LogP contribution is -2.45. The summed E-state index contributed by atoms with van der Waals surface area (Å²) in [6.45, 7) is 0.960. The Hall–Kier alpha value is -1.11. The largest absolute Gasteiger partial charge is 0.467 e. The average molecular weight is 391 g/mol. The monoisotopic (exact) mass is 389 g/mol. The maximum absolute atomic E-state index is 12.2. The molecular formula is C15H17BrClNO4. The van der Waals surface area contributed by atoms with E-state index in [-0.39, 0.29) is 11.8 Å². The third-order valence-corrected chi connectivity index (χ3v) is 4.54. The lowest BCUT2D eigenvalue weighted by molar-refractivity contribution is -0.145. The summed E-state index contributed by atoms with van der Waals surface area (Å²) < 4.78 is 10.8. The smallest absolute Gasteiger partial charge is 0.328 e. The number of methoxy groups -OCH3 is 1. The van der Waals surface area contributed by atoms with Gasteiger partial charge in [0.2, 0.25) is 5.91 Å². The molecule has 1 aromatic rings. The number of amides is 1.